The minimum absolute atomic E-state index is 0.0445. The van der Waals surface area contributed by atoms with Gasteiger partial charge in [-0.25, -0.2) is 18.2 Å². The quantitative estimate of drug-likeness (QED) is 0.754. The molecule has 1 N–H and O–H groups in total. The lowest BCUT2D eigenvalue weighted by Gasteiger charge is -2.22. The monoisotopic (exact) mass is 353 g/mol. The fraction of sp³-hybridized carbons (Fsp3) is 0.429. The first-order valence-electron chi connectivity index (χ1n) is 7.38. The molecule has 4 rings (SSSR count). The molecular weight excluding hydrogens is 338 g/mol. The van der Waals surface area contributed by atoms with Crippen molar-refractivity contribution in [2.45, 2.75) is 4.90 Å². The van der Waals surface area contributed by atoms with Gasteiger partial charge in [-0.15, -0.1) is 0 Å². The van der Waals surface area contributed by atoms with Crippen LogP contribution in [0.1, 0.15) is 0 Å². The highest BCUT2D eigenvalue weighted by molar-refractivity contribution is 7.89. The number of hydrogen-bond acceptors (Lipinski definition) is 6. The lowest BCUT2D eigenvalue weighted by Crippen LogP contribution is -2.35. The van der Waals surface area contributed by atoms with Gasteiger partial charge in [-0.3, -0.25) is 0 Å². The summed E-state index contributed by atoms with van der Waals surface area (Å²) in [6.07, 6.45) is 0.269. The second kappa shape index (κ2) is 5.35. The van der Waals surface area contributed by atoms with Gasteiger partial charge in [0.15, 0.2) is 5.75 Å². The van der Waals surface area contributed by atoms with Gasteiger partial charge in [-0.1, -0.05) is 0 Å². The van der Waals surface area contributed by atoms with Gasteiger partial charge in [0.05, 0.1) is 6.20 Å². The molecule has 1 aromatic heterocycles. The van der Waals surface area contributed by atoms with Crippen molar-refractivity contribution < 1.29 is 27.8 Å². The summed E-state index contributed by atoms with van der Waals surface area (Å²) in [7, 11) is -3.72. The van der Waals surface area contributed by atoms with E-state index in [1.54, 1.807) is 0 Å². The molecule has 1 aromatic rings. The molecule has 0 saturated carbocycles. The van der Waals surface area contributed by atoms with E-state index in [0.717, 1.165) is 11.1 Å². The third kappa shape index (κ3) is 2.38. The highest BCUT2D eigenvalue weighted by Crippen LogP contribution is 2.33. The standard InChI is InChI=1S/C14H15N3O6S/c18-14(19)16-5-9-7-17(8-10(9)6-16)24(20,21)11-3-12-13(15-4-11)23-2-1-22-12/h3-4H,1-2,5-8H2,(H,18,19). The molecule has 0 atom stereocenters. The Balaban J connectivity index is 1.54. The van der Waals surface area contributed by atoms with Crippen LogP contribution in [0.5, 0.6) is 11.6 Å². The number of rotatable bonds is 2. The summed E-state index contributed by atoms with van der Waals surface area (Å²) in [5.41, 5.74) is 1.71. The summed E-state index contributed by atoms with van der Waals surface area (Å²) in [5.74, 6) is 0.610. The largest absolute Gasteiger partial charge is 0.484 e. The maximum Gasteiger partial charge on any atom is 0.407 e. The molecule has 4 heterocycles. The topological polar surface area (TPSA) is 109 Å². The van der Waals surface area contributed by atoms with Crippen molar-refractivity contribution in [2.24, 2.45) is 0 Å². The van der Waals surface area contributed by atoms with Crippen molar-refractivity contribution in [3.05, 3.63) is 23.4 Å². The van der Waals surface area contributed by atoms with E-state index < -0.39 is 16.1 Å². The molecule has 3 aliphatic rings. The molecular formula is C14H15N3O6S. The minimum Gasteiger partial charge on any atom is -0.484 e. The average molecular weight is 353 g/mol. The molecule has 0 unspecified atom stereocenters. The lowest BCUT2D eigenvalue weighted by atomic mass is 10.2. The SMILES string of the molecule is O=C(O)N1CC2=C(C1)CN(S(=O)(=O)c1cnc3c(c1)OCCO3)C2. The third-order valence-corrected chi connectivity index (χ3v) is 6.04. The van der Waals surface area contributed by atoms with Crippen LogP contribution >= 0.6 is 0 Å². The average Bonchev–Trinajstić information content (AvgIpc) is 3.13. The Morgan fingerprint density at radius 1 is 1.12 bits per heavy atom. The molecule has 24 heavy (non-hydrogen) atoms. The van der Waals surface area contributed by atoms with E-state index in [4.69, 9.17) is 14.6 Å². The van der Waals surface area contributed by atoms with E-state index in [-0.39, 0.29) is 31.1 Å². The highest BCUT2D eigenvalue weighted by atomic mass is 32.2. The van der Waals surface area contributed by atoms with Gasteiger partial charge in [-0.05, 0) is 11.1 Å². The summed E-state index contributed by atoms with van der Waals surface area (Å²) >= 11 is 0. The molecule has 0 fully saturated rings. The van der Waals surface area contributed by atoms with E-state index in [1.165, 1.54) is 21.5 Å². The summed E-state index contributed by atoms with van der Waals surface area (Å²) in [5, 5.41) is 9.02. The number of fused-ring (bicyclic) bond motifs is 1. The molecule has 128 valence electrons. The van der Waals surface area contributed by atoms with Crippen molar-refractivity contribution in [1.29, 1.82) is 0 Å². The first-order valence-corrected chi connectivity index (χ1v) is 8.82. The van der Waals surface area contributed by atoms with Crippen LogP contribution in [0.2, 0.25) is 0 Å². The number of sulfonamides is 1. The summed E-state index contributed by atoms with van der Waals surface area (Å²) in [4.78, 5) is 16.3. The van der Waals surface area contributed by atoms with Crippen molar-refractivity contribution in [2.75, 3.05) is 39.4 Å². The van der Waals surface area contributed by atoms with E-state index in [0.29, 0.717) is 24.8 Å². The zero-order valence-corrected chi connectivity index (χ0v) is 13.5. The van der Waals surface area contributed by atoms with E-state index in [1.807, 2.05) is 0 Å². The van der Waals surface area contributed by atoms with Crippen molar-refractivity contribution in [3.63, 3.8) is 0 Å². The van der Waals surface area contributed by atoms with Gasteiger partial charge in [-0.2, -0.15) is 4.31 Å². The molecule has 0 radical (unpaired) electrons. The summed E-state index contributed by atoms with van der Waals surface area (Å²) in [6.45, 7) is 1.66. The number of carbonyl (C=O) groups is 1. The van der Waals surface area contributed by atoms with Gasteiger partial charge in [0.25, 0.3) is 5.88 Å². The van der Waals surface area contributed by atoms with Crippen LogP contribution in [0.25, 0.3) is 0 Å². The van der Waals surface area contributed by atoms with Crippen molar-refractivity contribution in [3.8, 4) is 11.6 Å². The Labute approximate surface area is 138 Å². The van der Waals surface area contributed by atoms with Crippen LogP contribution in [0.4, 0.5) is 4.79 Å². The first-order chi connectivity index (χ1) is 11.4. The maximum atomic E-state index is 12.8. The maximum absolute atomic E-state index is 12.8. The minimum atomic E-state index is -3.72. The van der Waals surface area contributed by atoms with Crippen LogP contribution in [-0.4, -0.2) is 73.2 Å². The number of carboxylic acid groups (broad SMARTS) is 1. The highest BCUT2D eigenvalue weighted by Gasteiger charge is 2.38. The molecule has 0 spiro atoms. The predicted molar refractivity (Wildman–Crippen MR) is 80.6 cm³/mol. The van der Waals surface area contributed by atoms with Gasteiger partial charge in [0, 0.05) is 32.2 Å². The van der Waals surface area contributed by atoms with Gasteiger partial charge in [0.1, 0.15) is 18.1 Å². The van der Waals surface area contributed by atoms with Gasteiger partial charge >= 0.3 is 6.09 Å². The Bertz CT molecular complexity index is 832. The second-order valence-corrected chi connectivity index (χ2v) is 7.73. The summed E-state index contributed by atoms with van der Waals surface area (Å²) < 4.78 is 37.6. The number of hydrogen-bond donors (Lipinski definition) is 1. The molecule has 0 aliphatic carbocycles. The number of nitrogens with zero attached hydrogens (tertiary/aromatic N) is 3. The number of aromatic nitrogens is 1. The zero-order valence-electron chi connectivity index (χ0n) is 12.6. The van der Waals surface area contributed by atoms with Crippen molar-refractivity contribution >= 4 is 16.1 Å². The number of ether oxygens (including phenoxy) is 2. The predicted octanol–water partition coefficient (Wildman–Crippen LogP) is 0.147. The molecule has 9 nitrogen and oxygen atoms in total. The van der Waals surface area contributed by atoms with E-state index in [9.17, 15) is 13.2 Å². The zero-order chi connectivity index (χ0) is 16.9. The number of amides is 1. The van der Waals surface area contributed by atoms with Crippen LogP contribution in [0, 0.1) is 0 Å². The number of pyridine rings is 1. The molecule has 0 bridgehead atoms. The Hall–Kier alpha value is -2.33. The van der Waals surface area contributed by atoms with Gasteiger partial charge < -0.3 is 19.5 Å². The van der Waals surface area contributed by atoms with Crippen LogP contribution in [0.15, 0.2) is 28.3 Å². The van der Waals surface area contributed by atoms with E-state index >= 15 is 0 Å². The summed E-state index contributed by atoms with van der Waals surface area (Å²) in [6, 6.07) is 1.42. The fourth-order valence-electron chi connectivity index (χ4n) is 3.06. The second-order valence-electron chi connectivity index (χ2n) is 5.79. The molecule has 3 aliphatic heterocycles. The molecule has 10 heteroatoms. The van der Waals surface area contributed by atoms with Crippen LogP contribution < -0.4 is 9.47 Å². The molecule has 1 amide bonds. The fourth-order valence-corrected chi connectivity index (χ4v) is 4.45. The Morgan fingerprint density at radius 2 is 1.79 bits per heavy atom. The lowest BCUT2D eigenvalue weighted by molar-refractivity contribution is 0.155. The Morgan fingerprint density at radius 3 is 2.46 bits per heavy atom. The van der Waals surface area contributed by atoms with Gasteiger partial charge in [0.2, 0.25) is 10.0 Å². The first kappa shape index (κ1) is 15.2. The normalized spacial score (nSPS) is 20.4. The molecule has 0 aromatic carbocycles. The smallest absolute Gasteiger partial charge is 0.407 e. The Kier molecular flexibility index (Phi) is 3.39. The third-order valence-electron chi connectivity index (χ3n) is 4.28. The molecule has 0 saturated heterocycles. The van der Waals surface area contributed by atoms with E-state index in [2.05, 4.69) is 4.98 Å². The van der Waals surface area contributed by atoms with Crippen LogP contribution in [-0.2, 0) is 10.0 Å². The van der Waals surface area contributed by atoms with Crippen LogP contribution in [0.3, 0.4) is 0 Å². The van der Waals surface area contributed by atoms with Crippen molar-refractivity contribution in [1.82, 2.24) is 14.2 Å².